The summed E-state index contributed by atoms with van der Waals surface area (Å²) in [5, 5.41) is 0. The van der Waals surface area contributed by atoms with Crippen LogP contribution in [0.1, 0.15) is 40.3 Å². The van der Waals surface area contributed by atoms with Gasteiger partial charge in [0.05, 0.1) is 12.1 Å². The van der Waals surface area contributed by atoms with Gasteiger partial charge >= 0.3 is 5.69 Å². The van der Waals surface area contributed by atoms with E-state index < -0.39 is 5.69 Å². The zero-order valence-corrected chi connectivity index (χ0v) is 17.1. The minimum Gasteiger partial charge on any atom is -0.440 e. The third-order valence-electron chi connectivity index (χ3n) is 4.63. The van der Waals surface area contributed by atoms with E-state index in [1.165, 1.54) is 4.57 Å². The molecule has 1 heterocycles. The molecule has 0 aliphatic carbocycles. The van der Waals surface area contributed by atoms with Crippen molar-refractivity contribution < 1.29 is 4.74 Å². The standard InChI is InChI=1S/C23H26N2O3/c1-6-20-21(28-19-11-16(4)8-17(5)12-19)24-23(27)25(22(20)26)13-18-9-14(2)7-15(3)10-18/h7-12H,6,13H2,1-5H3,(H,24,27). The summed E-state index contributed by atoms with van der Waals surface area (Å²) in [4.78, 5) is 28.4. The first kappa shape index (κ1) is 19.7. The summed E-state index contributed by atoms with van der Waals surface area (Å²) in [6.45, 7) is 10.1. The lowest BCUT2D eigenvalue weighted by Crippen LogP contribution is -2.37. The van der Waals surface area contributed by atoms with Gasteiger partial charge in [-0.05, 0) is 62.9 Å². The van der Waals surface area contributed by atoms with Gasteiger partial charge in [-0.3, -0.25) is 14.3 Å². The molecule has 0 amide bonds. The molecule has 28 heavy (non-hydrogen) atoms. The summed E-state index contributed by atoms with van der Waals surface area (Å²) in [5.41, 5.74) is 4.91. The maximum Gasteiger partial charge on any atom is 0.331 e. The van der Waals surface area contributed by atoms with E-state index in [-0.39, 0.29) is 18.0 Å². The van der Waals surface area contributed by atoms with E-state index in [2.05, 4.69) is 11.1 Å². The highest BCUT2D eigenvalue weighted by molar-refractivity contribution is 5.37. The van der Waals surface area contributed by atoms with E-state index in [0.29, 0.717) is 17.7 Å². The first-order chi connectivity index (χ1) is 13.3. The molecule has 3 rings (SSSR count). The van der Waals surface area contributed by atoms with Crippen LogP contribution in [0.3, 0.4) is 0 Å². The van der Waals surface area contributed by atoms with E-state index >= 15 is 0 Å². The van der Waals surface area contributed by atoms with E-state index in [9.17, 15) is 9.59 Å². The van der Waals surface area contributed by atoms with Crippen LogP contribution < -0.4 is 16.0 Å². The molecule has 3 aromatic rings. The fourth-order valence-electron chi connectivity index (χ4n) is 3.59. The Kier molecular flexibility index (Phi) is 5.54. The predicted octanol–water partition coefficient (Wildman–Crippen LogP) is 4.17. The van der Waals surface area contributed by atoms with Crippen molar-refractivity contribution in [2.24, 2.45) is 0 Å². The Hall–Kier alpha value is -3.08. The fourth-order valence-corrected chi connectivity index (χ4v) is 3.59. The second-order valence-electron chi connectivity index (χ2n) is 7.40. The number of ether oxygens (including phenoxy) is 1. The molecule has 0 radical (unpaired) electrons. The topological polar surface area (TPSA) is 64.1 Å². The van der Waals surface area contributed by atoms with Crippen molar-refractivity contribution in [1.29, 1.82) is 0 Å². The van der Waals surface area contributed by atoms with Gasteiger partial charge in [-0.15, -0.1) is 0 Å². The van der Waals surface area contributed by atoms with E-state index in [1.807, 2.05) is 65.0 Å². The molecule has 146 valence electrons. The highest BCUT2D eigenvalue weighted by atomic mass is 16.5. The van der Waals surface area contributed by atoms with Crippen molar-refractivity contribution in [3.63, 3.8) is 0 Å². The number of hydrogen-bond donors (Lipinski definition) is 1. The monoisotopic (exact) mass is 378 g/mol. The Morgan fingerprint density at radius 3 is 1.93 bits per heavy atom. The zero-order valence-electron chi connectivity index (χ0n) is 17.1. The van der Waals surface area contributed by atoms with Crippen LogP contribution in [-0.4, -0.2) is 9.55 Å². The van der Waals surface area contributed by atoms with Crippen LogP contribution in [0.4, 0.5) is 0 Å². The molecular formula is C23H26N2O3. The first-order valence-electron chi connectivity index (χ1n) is 9.46. The maximum absolute atomic E-state index is 13.0. The minimum atomic E-state index is -0.472. The summed E-state index contributed by atoms with van der Waals surface area (Å²) >= 11 is 0. The average Bonchev–Trinajstić information content (AvgIpc) is 2.57. The molecule has 0 bridgehead atoms. The van der Waals surface area contributed by atoms with Crippen molar-refractivity contribution in [2.75, 3.05) is 0 Å². The molecule has 1 aromatic heterocycles. The van der Waals surface area contributed by atoms with Crippen LogP contribution in [0.2, 0.25) is 0 Å². The van der Waals surface area contributed by atoms with Gasteiger partial charge in [0.25, 0.3) is 5.56 Å². The number of nitrogens with zero attached hydrogens (tertiary/aromatic N) is 1. The van der Waals surface area contributed by atoms with Gasteiger partial charge in [0.2, 0.25) is 5.88 Å². The lowest BCUT2D eigenvalue weighted by Gasteiger charge is -2.13. The van der Waals surface area contributed by atoms with E-state index in [1.54, 1.807) is 0 Å². The normalized spacial score (nSPS) is 10.9. The number of benzene rings is 2. The van der Waals surface area contributed by atoms with Crippen molar-refractivity contribution in [2.45, 2.75) is 47.6 Å². The van der Waals surface area contributed by atoms with Crippen molar-refractivity contribution in [3.05, 3.63) is 90.6 Å². The van der Waals surface area contributed by atoms with Gasteiger partial charge in [0, 0.05) is 0 Å². The summed E-state index contributed by atoms with van der Waals surface area (Å²) in [6.07, 6.45) is 0.461. The number of aromatic amines is 1. The van der Waals surface area contributed by atoms with Gasteiger partial charge < -0.3 is 4.74 Å². The van der Waals surface area contributed by atoms with Crippen LogP contribution >= 0.6 is 0 Å². The minimum absolute atomic E-state index is 0.221. The summed E-state index contributed by atoms with van der Waals surface area (Å²) in [5.74, 6) is 0.827. The largest absolute Gasteiger partial charge is 0.440 e. The fraction of sp³-hybridized carbons (Fsp3) is 0.304. The zero-order chi connectivity index (χ0) is 20.4. The average molecular weight is 378 g/mol. The molecule has 0 aliphatic rings. The lowest BCUT2D eigenvalue weighted by molar-refractivity contribution is 0.444. The highest BCUT2D eigenvalue weighted by Crippen LogP contribution is 2.23. The molecule has 0 spiro atoms. The van der Waals surface area contributed by atoms with Crippen LogP contribution in [0, 0.1) is 27.7 Å². The molecule has 0 atom stereocenters. The summed E-state index contributed by atoms with van der Waals surface area (Å²) < 4.78 is 7.14. The second-order valence-corrected chi connectivity index (χ2v) is 7.40. The number of rotatable bonds is 5. The van der Waals surface area contributed by atoms with Crippen LogP contribution in [0.25, 0.3) is 0 Å². The number of aromatic nitrogens is 2. The van der Waals surface area contributed by atoms with Gasteiger partial charge in [0.15, 0.2) is 0 Å². The number of aryl methyl sites for hydroxylation is 4. The van der Waals surface area contributed by atoms with Gasteiger partial charge in [-0.2, -0.15) is 0 Å². The highest BCUT2D eigenvalue weighted by Gasteiger charge is 2.15. The third-order valence-corrected chi connectivity index (χ3v) is 4.63. The van der Waals surface area contributed by atoms with Crippen LogP contribution in [0.15, 0.2) is 46.0 Å². The molecular weight excluding hydrogens is 352 g/mol. The van der Waals surface area contributed by atoms with Gasteiger partial charge in [-0.1, -0.05) is 42.3 Å². The smallest absolute Gasteiger partial charge is 0.331 e. The van der Waals surface area contributed by atoms with E-state index in [0.717, 1.165) is 27.8 Å². The van der Waals surface area contributed by atoms with Crippen LogP contribution in [0.5, 0.6) is 11.6 Å². The summed E-state index contributed by atoms with van der Waals surface area (Å²) in [7, 11) is 0. The Morgan fingerprint density at radius 1 is 0.857 bits per heavy atom. The molecule has 5 nitrogen and oxygen atoms in total. The van der Waals surface area contributed by atoms with Gasteiger partial charge in [0.1, 0.15) is 5.75 Å². The molecule has 0 unspecified atom stereocenters. The number of H-pyrrole nitrogens is 1. The van der Waals surface area contributed by atoms with Crippen molar-refractivity contribution >= 4 is 0 Å². The number of nitrogens with one attached hydrogen (secondary N) is 1. The lowest BCUT2D eigenvalue weighted by atomic mass is 10.1. The van der Waals surface area contributed by atoms with Gasteiger partial charge in [-0.25, -0.2) is 4.79 Å². The van der Waals surface area contributed by atoms with Crippen molar-refractivity contribution in [1.82, 2.24) is 9.55 Å². The second kappa shape index (κ2) is 7.89. The predicted molar refractivity (Wildman–Crippen MR) is 112 cm³/mol. The Morgan fingerprint density at radius 2 is 1.39 bits per heavy atom. The van der Waals surface area contributed by atoms with Crippen molar-refractivity contribution in [3.8, 4) is 11.6 Å². The Balaban J connectivity index is 2.03. The first-order valence-corrected chi connectivity index (χ1v) is 9.46. The SMILES string of the molecule is CCc1c(Oc2cc(C)cc(C)c2)[nH]c(=O)n(Cc2cc(C)cc(C)c2)c1=O. The molecule has 1 N–H and O–H groups in total. The Labute approximate surface area is 164 Å². The maximum atomic E-state index is 13.0. The number of hydrogen-bond acceptors (Lipinski definition) is 3. The van der Waals surface area contributed by atoms with E-state index in [4.69, 9.17) is 4.74 Å². The molecule has 0 saturated carbocycles. The third kappa shape index (κ3) is 4.25. The summed E-state index contributed by atoms with van der Waals surface area (Å²) in [6, 6.07) is 11.8. The molecule has 0 fully saturated rings. The quantitative estimate of drug-likeness (QED) is 0.725. The molecule has 2 aromatic carbocycles. The molecule has 5 heteroatoms. The van der Waals surface area contributed by atoms with Crippen LogP contribution in [-0.2, 0) is 13.0 Å². The molecule has 0 aliphatic heterocycles. The Bertz CT molecular complexity index is 1100. The molecule has 0 saturated heterocycles.